The van der Waals surface area contributed by atoms with Gasteiger partial charge in [-0.25, -0.2) is 0 Å². The number of amides is 1. The second-order valence-electron chi connectivity index (χ2n) is 5.82. The number of rotatable bonds is 10. The molecule has 0 bridgehead atoms. The van der Waals surface area contributed by atoms with Crippen LogP contribution in [0.25, 0.3) is 0 Å². The Morgan fingerprint density at radius 1 is 1.26 bits per heavy atom. The number of phenols is 1. The lowest BCUT2D eigenvalue weighted by atomic mass is 9.95. The van der Waals surface area contributed by atoms with Crippen molar-refractivity contribution in [2.75, 3.05) is 13.6 Å². The van der Waals surface area contributed by atoms with Crippen LogP contribution in [0.4, 0.5) is 0 Å². The summed E-state index contributed by atoms with van der Waals surface area (Å²) in [7, 11) is 1.76. The molecule has 1 amide bonds. The summed E-state index contributed by atoms with van der Waals surface area (Å²) in [6.45, 7) is 4.13. The topological polar surface area (TPSA) is 104 Å². The molecule has 0 radical (unpaired) electrons. The van der Waals surface area contributed by atoms with Crippen LogP contribution >= 0.6 is 0 Å². The van der Waals surface area contributed by atoms with Crippen LogP contribution in [-0.2, 0) is 16.0 Å². The Bertz CT molecular complexity index is 516. The summed E-state index contributed by atoms with van der Waals surface area (Å²) in [6.07, 6.45) is 1.26. The van der Waals surface area contributed by atoms with Gasteiger partial charge in [-0.1, -0.05) is 32.4 Å². The predicted molar refractivity (Wildman–Crippen MR) is 90.1 cm³/mol. The fourth-order valence-electron chi connectivity index (χ4n) is 2.47. The van der Waals surface area contributed by atoms with Crippen molar-refractivity contribution in [2.45, 2.75) is 38.8 Å². The number of ketones is 1. The van der Waals surface area contributed by atoms with Crippen LogP contribution in [0.15, 0.2) is 24.3 Å². The summed E-state index contributed by atoms with van der Waals surface area (Å²) < 4.78 is 0. The highest BCUT2D eigenvalue weighted by molar-refractivity contribution is 5.87. The SMILES string of the molecule is CCC(C)[C@H](NC)C(=O)CN[C@@H](Cc1ccc(O)cc1)C(N)=O. The molecule has 1 aromatic carbocycles. The molecule has 23 heavy (non-hydrogen) atoms. The maximum absolute atomic E-state index is 12.3. The van der Waals surface area contributed by atoms with Gasteiger partial charge in [0, 0.05) is 0 Å². The zero-order chi connectivity index (χ0) is 17.4. The van der Waals surface area contributed by atoms with Crippen molar-refractivity contribution in [2.24, 2.45) is 11.7 Å². The van der Waals surface area contributed by atoms with Gasteiger partial charge in [-0.15, -0.1) is 0 Å². The molecule has 1 rings (SSSR count). The largest absolute Gasteiger partial charge is 0.508 e. The van der Waals surface area contributed by atoms with Gasteiger partial charge in [0.25, 0.3) is 0 Å². The van der Waals surface area contributed by atoms with E-state index in [4.69, 9.17) is 5.73 Å². The molecule has 5 N–H and O–H groups in total. The van der Waals surface area contributed by atoms with Crippen molar-refractivity contribution >= 4 is 11.7 Å². The van der Waals surface area contributed by atoms with Gasteiger partial charge in [-0.05, 0) is 37.1 Å². The van der Waals surface area contributed by atoms with Crippen molar-refractivity contribution in [1.82, 2.24) is 10.6 Å². The normalized spacial score (nSPS) is 14.9. The van der Waals surface area contributed by atoms with E-state index in [0.29, 0.717) is 6.42 Å². The molecule has 0 aliphatic heterocycles. The van der Waals surface area contributed by atoms with Crippen LogP contribution in [0.2, 0.25) is 0 Å². The van der Waals surface area contributed by atoms with E-state index in [0.717, 1.165) is 12.0 Å². The fraction of sp³-hybridized carbons (Fsp3) is 0.529. The Balaban J connectivity index is 2.64. The summed E-state index contributed by atoms with van der Waals surface area (Å²) in [5.41, 5.74) is 6.28. The van der Waals surface area contributed by atoms with Gasteiger partial charge >= 0.3 is 0 Å². The average Bonchev–Trinajstić information content (AvgIpc) is 2.53. The molecular formula is C17H27N3O3. The third-order valence-electron chi connectivity index (χ3n) is 4.11. The van der Waals surface area contributed by atoms with E-state index in [9.17, 15) is 14.7 Å². The molecule has 1 unspecified atom stereocenters. The number of hydrogen-bond acceptors (Lipinski definition) is 5. The minimum absolute atomic E-state index is 0.0128. The Labute approximate surface area is 137 Å². The molecule has 6 heteroatoms. The van der Waals surface area contributed by atoms with Crippen LogP contribution in [-0.4, -0.2) is 42.5 Å². The number of carbonyl (C=O) groups is 2. The van der Waals surface area contributed by atoms with Gasteiger partial charge in [-0.2, -0.15) is 0 Å². The van der Waals surface area contributed by atoms with E-state index >= 15 is 0 Å². The van der Waals surface area contributed by atoms with Crippen LogP contribution in [0.3, 0.4) is 0 Å². The number of primary amides is 1. The predicted octanol–water partition coefficient (Wildman–Crippen LogP) is 0.581. The van der Waals surface area contributed by atoms with E-state index in [1.54, 1.807) is 31.3 Å². The first-order chi connectivity index (χ1) is 10.9. The van der Waals surface area contributed by atoms with Crippen molar-refractivity contribution in [3.63, 3.8) is 0 Å². The first-order valence-corrected chi connectivity index (χ1v) is 7.89. The Morgan fingerprint density at radius 2 is 1.87 bits per heavy atom. The summed E-state index contributed by atoms with van der Waals surface area (Å²) in [5, 5.41) is 15.3. The van der Waals surface area contributed by atoms with Gasteiger partial charge in [0.1, 0.15) is 5.75 Å². The van der Waals surface area contributed by atoms with Gasteiger partial charge in [-0.3, -0.25) is 14.9 Å². The van der Waals surface area contributed by atoms with Crippen molar-refractivity contribution in [3.8, 4) is 5.75 Å². The monoisotopic (exact) mass is 321 g/mol. The highest BCUT2D eigenvalue weighted by Gasteiger charge is 2.24. The number of likely N-dealkylation sites (N-methyl/N-ethyl adjacent to an activating group) is 1. The first-order valence-electron chi connectivity index (χ1n) is 7.89. The van der Waals surface area contributed by atoms with Crippen LogP contribution in [0.1, 0.15) is 25.8 Å². The zero-order valence-corrected chi connectivity index (χ0v) is 14.0. The molecule has 0 aromatic heterocycles. The molecule has 128 valence electrons. The maximum Gasteiger partial charge on any atom is 0.234 e. The number of nitrogens with two attached hydrogens (primary N) is 1. The van der Waals surface area contributed by atoms with Gasteiger partial charge < -0.3 is 16.2 Å². The summed E-state index contributed by atoms with van der Waals surface area (Å²) in [4.78, 5) is 23.9. The lowest BCUT2D eigenvalue weighted by molar-refractivity contribution is -0.122. The molecule has 0 saturated heterocycles. The minimum atomic E-state index is -0.627. The summed E-state index contributed by atoms with van der Waals surface area (Å²) >= 11 is 0. The van der Waals surface area contributed by atoms with Gasteiger partial charge in [0.2, 0.25) is 5.91 Å². The Kier molecular flexibility index (Phi) is 7.71. The summed E-state index contributed by atoms with van der Waals surface area (Å²) in [6, 6.07) is 5.69. The van der Waals surface area contributed by atoms with Crippen LogP contribution in [0.5, 0.6) is 5.75 Å². The highest BCUT2D eigenvalue weighted by atomic mass is 16.3. The molecular weight excluding hydrogens is 294 g/mol. The Hall–Kier alpha value is -1.92. The van der Waals surface area contributed by atoms with Crippen molar-refractivity contribution < 1.29 is 14.7 Å². The number of carbonyl (C=O) groups excluding carboxylic acids is 2. The van der Waals surface area contributed by atoms with Crippen molar-refractivity contribution in [3.05, 3.63) is 29.8 Å². The van der Waals surface area contributed by atoms with Crippen LogP contribution < -0.4 is 16.4 Å². The van der Waals surface area contributed by atoms with E-state index in [1.165, 1.54) is 0 Å². The Morgan fingerprint density at radius 3 is 2.35 bits per heavy atom. The lowest BCUT2D eigenvalue weighted by Crippen LogP contribution is -2.49. The average molecular weight is 321 g/mol. The smallest absolute Gasteiger partial charge is 0.234 e. The third kappa shape index (κ3) is 6.00. The zero-order valence-electron chi connectivity index (χ0n) is 14.0. The molecule has 0 fully saturated rings. The van der Waals surface area contributed by atoms with Crippen molar-refractivity contribution in [1.29, 1.82) is 0 Å². The molecule has 0 aliphatic carbocycles. The van der Waals surface area contributed by atoms with E-state index in [-0.39, 0.29) is 30.0 Å². The summed E-state index contributed by atoms with van der Waals surface area (Å²) in [5.74, 6) is -0.106. The number of nitrogens with one attached hydrogen (secondary N) is 2. The highest BCUT2D eigenvalue weighted by Crippen LogP contribution is 2.12. The van der Waals surface area contributed by atoms with Gasteiger partial charge in [0.15, 0.2) is 5.78 Å². The maximum atomic E-state index is 12.3. The molecule has 0 saturated carbocycles. The number of Topliss-reactive ketones (excluding diaryl/α,β-unsaturated/α-hetero) is 1. The minimum Gasteiger partial charge on any atom is -0.508 e. The molecule has 0 heterocycles. The first kappa shape index (κ1) is 19.1. The molecule has 3 atom stereocenters. The van der Waals surface area contributed by atoms with Crippen LogP contribution in [0, 0.1) is 5.92 Å². The standard InChI is InChI=1S/C17H27N3O3/c1-4-11(2)16(19-3)15(22)10-20-14(17(18)23)9-12-5-7-13(21)8-6-12/h5-8,11,14,16,19-21H,4,9-10H2,1-3H3,(H2,18,23)/t11?,14-,16-/m0/s1. The van der Waals surface area contributed by atoms with E-state index in [1.807, 2.05) is 13.8 Å². The number of phenolic OH excluding ortho intramolecular Hbond substituents is 1. The number of aromatic hydroxyl groups is 1. The lowest BCUT2D eigenvalue weighted by Gasteiger charge is -2.22. The van der Waals surface area contributed by atoms with E-state index < -0.39 is 11.9 Å². The molecule has 0 aliphatic rings. The number of hydrogen-bond donors (Lipinski definition) is 4. The second-order valence-corrected chi connectivity index (χ2v) is 5.82. The second kappa shape index (κ2) is 9.27. The fourth-order valence-corrected chi connectivity index (χ4v) is 2.47. The third-order valence-corrected chi connectivity index (χ3v) is 4.11. The van der Waals surface area contributed by atoms with Gasteiger partial charge in [0.05, 0.1) is 18.6 Å². The van der Waals surface area contributed by atoms with E-state index in [2.05, 4.69) is 10.6 Å². The molecule has 0 spiro atoms. The number of benzene rings is 1. The quantitative estimate of drug-likeness (QED) is 0.505. The molecule has 6 nitrogen and oxygen atoms in total. The molecule has 1 aromatic rings.